The van der Waals surface area contributed by atoms with Gasteiger partial charge in [-0.25, -0.2) is 14.6 Å². The van der Waals surface area contributed by atoms with Crippen molar-refractivity contribution in [3.05, 3.63) is 23.8 Å². The van der Waals surface area contributed by atoms with Crippen molar-refractivity contribution in [3.8, 4) is 0 Å². The van der Waals surface area contributed by atoms with Crippen molar-refractivity contribution < 1.29 is 0 Å². The van der Waals surface area contributed by atoms with E-state index in [1.807, 2.05) is 11.7 Å². The minimum absolute atomic E-state index is 0. The van der Waals surface area contributed by atoms with E-state index >= 15 is 0 Å². The van der Waals surface area contributed by atoms with Crippen LogP contribution >= 0.6 is 24.0 Å². The minimum Gasteiger partial charge on any atom is -0.352 e. The van der Waals surface area contributed by atoms with Gasteiger partial charge in [0, 0.05) is 32.5 Å². The van der Waals surface area contributed by atoms with Crippen LogP contribution in [0.15, 0.2) is 11.3 Å². The molecule has 0 bridgehead atoms. The van der Waals surface area contributed by atoms with Crippen molar-refractivity contribution in [1.82, 2.24) is 40.2 Å². The smallest absolute Gasteiger partial charge is 0.191 e. The molecular formula is C15H26IN9. The fourth-order valence-electron chi connectivity index (χ4n) is 2.72. The Morgan fingerprint density at radius 1 is 1.44 bits per heavy atom. The average Bonchev–Trinajstić information content (AvgIpc) is 3.17. The molecule has 1 aliphatic heterocycles. The van der Waals surface area contributed by atoms with Crippen LogP contribution in [0.2, 0.25) is 0 Å². The van der Waals surface area contributed by atoms with Crippen LogP contribution < -0.4 is 10.6 Å². The van der Waals surface area contributed by atoms with Gasteiger partial charge >= 0.3 is 0 Å². The van der Waals surface area contributed by atoms with E-state index in [2.05, 4.69) is 49.6 Å². The summed E-state index contributed by atoms with van der Waals surface area (Å²) < 4.78 is 3.77. The number of nitrogens with zero attached hydrogens (tertiary/aromatic N) is 7. The second-order valence-electron chi connectivity index (χ2n) is 6.33. The molecule has 3 rings (SSSR count). The quantitative estimate of drug-likeness (QED) is 0.400. The zero-order valence-corrected chi connectivity index (χ0v) is 17.4. The van der Waals surface area contributed by atoms with Gasteiger partial charge in [0.05, 0.1) is 13.1 Å². The molecule has 2 N–H and O–H groups in total. The molecule has 3 heterocycles. The van der Waals surface area contributed by atoms with Crippen molar-refractivity contribution in [2.75, 3.05) is 7.05 Å². The fraction of sp³-hybridized carbons (Fsp3) is 0.667. The first-order valence-corrected chi connectivity index (χ1v) is 8.30. The summed E-state index contributed by atoms with van der Waals surface area (Å²) in [4.78, 5) is 13.1. The van der Waals surface area contributed by atoms with E-state index in [1.165, 1.54) is 0 Å². The van der Waals surface area contributed by atoms with Gasteiger partial charge in [-0.05, 0) is 6.42 Å². The van der Waals surface area contributed by atoms with Crippen LogP contribution in [0.5, 0.6) is 0 Å². The highest BCUT2D eigenvalue weighted by Crippen LogP contribution is 2.16. The second-order valence-corrected chi connectivity index (χ2v) is 6.33. The molecule has 0 amide bonds. The number of fused-ring (bicyclic) bond motifs is 1. The van der Waals surface area contributed by atoms with Crippen molar-refractivity contribution >= 4 is 29.9 Å². The van der Waals surface area contributed by atoms with Gasteiger partial charge in [-0.3, -0.25) is 9.67 Å². The second kappa shape index (κ2) is 8.59. The molecule has 1 unspecified atom stereocenters. The third kappa shape index (κ3) is 4.67. The number of aliphatic imine (C=N–C) groups is 1. The number of hydrogen-bond donors (Lipinski definition) is 2. The van der Waals surface area contributed by atoms with Gasteiger partial charge in [0.15, 0.2) is 11.8 Å². The van der Waals surface area contributed by atoms with Crippen LogP contribution in [0, 0.1) is 0 Å². The number of halogens is 1. The maximum Gasteiger partial charge on any atom is 0.191 e. The minimum atomic E-state index is 0. The maximum atomic E-state index is 4.62. The van der Waals surface area contributed by atoms with E-state index in [0.29, 0.717) is 12.5 Å². The molecule has 1 aliphatic rings. The zero-order chi connectivity index (χ0) is 17.1. The van der Waals surface area contributed by atoms with Gasteiger partial charge < -0.3 is 10.6 Å². The standard InChI is InChI=1S/C15H25N9.HI/c1-10(2)14-21-12-6-5-11(8-24(12)22-14)20-15(16-3)17-7-13-18-9-19-23(13)4;/h9-11H,5-8H2,1-4H3,(H2,16,17,20);1H. The Balaban J connectivity index is 0.00000225. The van der Waals surface area contributed by atoms with E-state index in [9.17, 15) is 0 Å². The highest BCUT2D eigenvalue weighted by atomic mass is 127. The summed E-state index contributed by atoms with van der Waals surface area (Å²) >= 11 is 0. The van der Waals surface area contributed by atoms with E-state index in [4.69, 9.17) is 0 Å². The van der Waals surface area contributed by atoms with Crippen molar-refractivity contribution in [2.45, 2.75) is 51.7 Å². The lowest BCUT2D eigenvalue weighted by Gasteiger charge is -2.25. The topological polar surface area (TPSA) is 97.8 Å². The van der Waals surface area contributed by atoms with Crippen molar-refractivity contribution in [3.63, 3.8) is 0 Å². The van der Waals surface area contributed by atoms with Gasteiger partial charge in [0.25, 0.3) is 0 Å². The van der Waals surface area contributed by atoms with Gasteiger partial charge in [0.2, 0.25) is 0 Å². The van der Waals surface area contributed by atoms with Crippen molar-refractivity contribution in [2.24, 2.45) is 12.0 Å². The highest BCUT2D eigenvalue weighted by molar-refractivity contribution is 14.0. The summed E-state index contributed by atoms with van der Waals surface area (Å²) in [6.45, 7) is 5.62. The molecule has 10 heteroatoms. The summed E-state index contributed by atoms with van der Waals surface area (Å²) in [7, 11) is 3.65. The molecule has 2 aromatic heterocycles. The fourth-order valence-corrected chi connectivity index (χ4v) is 2.72. The number of guanidine groups is 1. The van der Waals surface area contributed by atoms with Crippen LogP contribution in [0.3, 0.4) is 0 Å². The summed E-state index contributed by atoms with van der Waals surface area (Å²) in [6.07, 6.45) is 3.49. The normalized spacial score (nSPS) is 17.2. The molecule has 0 aromatic carbocycles. The molecule has 0 saturated heterocycles. The SMILES string of the molecule is CN=C(NCc1ncnn1C)NC1CCc2nc(C(C)C)nn2C1.I. The Kier molecular flexibility index (Phi) is 6.73. The molecule has 0 saturated carbocycles. The lowest BCUT2D eigenvalue weighted by atomic mass is 10.1. The lowest BCUT2D eigenvalue weighted by molar-refractivity contribution is 0.391. The van der Waals surface area contributed by atoms with Gasteiger partial charge in [0.1, 0.15) is 18.0 Å². The Hall–Kier alpha value is -1.72. The summed E-state index contributed by atoms with van der Waals surface area (Å²) in [6, 6.07) is 0.282. The first-order valence-electron chi connectivity index (χ1n) is 8.30. The van der Waals surface area contributed by atoms with E-state index in [0.717, 1.165) is 42.8 Å². The van der Waals surface area contributed by atoms with Crippen LogP contribution in [0.1, 0.15) is 43.7 Å². The van der Waals surface area contributed by atoms with Crippen LogP contribution in [-0.2, 0) is 26.6 Å². The number of hydrogen-bond acceptors (Lipinski definition) is 5. The van der Waals surface area contributed by atoms with Crippen LogP contribution in [0.25, 0.3) is 0 Å². The monoisotopic (exact) mass is 459 g/mol. The molecule has 25 heavy (non-hydrogen) atoms. The summed E-state index contributed by atoms with van der Waals surface area (Å²) in [5.74, 6) is 3.99. The molecule has 0 spiro atoms. The van der Waals surface area contributed by atoms with Gasteiger partial charge in [-0.1, -0.05) is 13.8 Å². The van der Waals surface area contributed by atoms with Crippen molar-refractivity contribution in [1.29, 1.82) is 0 Å². The Morgan fingerprint density at radius 3 is 2.88 bits per heavy atom. The number of aryl methyl sites for hydroxylation is 2. The van der Waals surface area contributed by atoms with Crippen LogP contribution in [-0.4, -0.2) is 48.6 Å². The molecule has 0 aliphatic carbocycles. The van der Waals surface area contributed by atoms with E-state index in [1.54, 1.807) is 18.1 Å². The van der Waals surface area contributed by atoms with Gasteiger partial charge in [-0.2, -0.15) is 10.2 Å². The number of nitrogens with one attached hydrogen (secondary N) is 2. The number of rotatable bonds is 4. The Labute approximate surface area is 164 Å². The molecule has 0 fully saturated rings. The predicted octanol–water partition coefficient (Wildman–Crippen LogP) is 0.828. The summed E-state index contributed by atoms with van der Waals surface area (Å²) in [5.41, 5.74) is 0. The molecule has 2 aromatic rings. The largest absolute Gasteiger partial charge is 0.352 e. The third-order valence-electron chi connectivity index (χ3n) is 4.17. The predicted molar refractivity (Wildman–Crippen MR) is 106 cm³/mol. The highest BCUT2D eigenvalue weighted by Gasteiger charge is 2.23. The Morgan fingerprint density at radius 2 is 2.24 bits per heavy atom. The molecule has 138 valence electrons. The summed E-state index contributed by atoms with van der Waals surface area (Å²) in [5, 5.41) is 15.4. The first kappa shape index (κ1) is 19.6. The average molecular weight is 459 g/mol. The Bertz CT molecular complexity index is 718. The third-order valence-corrected chi connectivity index (χ3v) is 4.17. The van der Waals surface area contributed by atoms with Gasteiger partial charge in [-0.15, -0.1) is 24.0 Å². The van der Waals surface area contributed by atoms with E-state index < -0.39 is 0 Å². The lowest BCUT2D eigenvalue weighted by Crippen LogP contribution is -2.47. The molecule has 1 atom stereocenters. The zero-order valence-electron chi connectivity index (χ0n) is 15.1. The van der Waals surface area contributed by atoms with E-state index in [-0.39, 0.29) is 30.0 Å². The molecule has 9 nitrogen and oxygen atoms in total. The van der Waals surface area contributed by atoms with Crippen LogP contribution in [0.4, 0.5) is 0 Å². The maximum absolute atomic E-state index is 4.62. The number of aromatic nitrogens is 6. The molecule has 0 radical (unpaired) electrons. The first-order chi connectivity index (χ1) is 11.6. The molecular weight excluding hydrogens is 433 g/mol.